The summed E-state index contributed by atoms with van der Waals surface area (Å²) in [6, 6.07) is 10.3. The number of amides is 1. The first-order chi connectivity index (χ1) is 11.1. The van der Waals surface area contributed by atoms with Crippen molar-refractivity contribution in [2.24, 2.45) is 17.8 Å². The van der Waals surface area contributed by atoms with E-state index in [0.717, 1.165) is 17.8 Å². The highest BCUT2D eigenvalue weighted by Crippen LogP contribution is 2.54. The molecule has 3 N–H and O–H groups in total. The molecule has 3 heteroatoms. The van der Waals surface area contributed by atoms with Gasteiger partial charge in [0.15, 0.2) is 6.54 Å². The van der Waals surface area contributed by atoms with Crippen LogP contribution in [0.5, 0.6) is 0 Å². The minimum Gasteiger partial charge on any atom is -0.345 e. The number of quaternary nitrogens is 1. The standard InChI is InChI=1S/C20H28N2O/c1-14(18-5-3-2-4-6-18)22-19(23)13-21-20-10-15-7-16(11-20)9-17(8-15)12-20/h2-6,14-17,21H,7-13H2,1H3,(H,22,23)/p+1/t14-,15?,16?,17?,20?/m0/s1. The van der Waals surface area contributed by atoms with Crippen LogP contribution >= 0.6 is 0 Å². The minimum atomic E-state index is 0.0912. The van der Waals surface area contributed by atoms with Gasteiger partial charge in [-0.1, -0.05) is 30.3 Å². The van der Waals surface area contributed by atoms with Crippen molar-refractivity contribution in [2.45, 2.75) is 57.0 Å². The Bertz CT molecular complexity index is 533. The van der Waals surface area contributed by atoms with Gasteiger partial charge in [0.1, 0.15) is 0 Å². The number of benzene rings is 1. The molecule has 1 aromatic carbocycles. The Hall–Kier alpha value is -1.35. The van der Waals surface area contributed by atoms with Crippen molar-refractivity contribution in [3.05, 3.63) is 35.9 Å². The molecule has 0 spiro atoms. The Morgan fingerprint density at radius 3 is 2.26 bits per heavy atom. The fourth-order valence-corrected chi connectivity index (χ4v) is 5.86. The number of carbonyl (C=O) groups is 1. The molecule has 1 atom stereocenters. The molecule has 3 nitrogen and oxygen atoms in total. The van der Waals surface area contributed by atoms with E-state index < -0.39 is 0 Å². The van der Waals surface area contributed by atoms with Crippen molar-refractivity contribution in [2.75, 3.05) is 6.54 Å². The first kappa shape index (κ1) is 15.2. The third-order valence-corrected chi connectivity index (χ3v) is 6.48. The monoisotopic (exact) mass is 313 g/mol. The van der Waals surface area contributed by atoms with Gasteiger partial charge in [-0.05, 0) is 49.5 Å². The number of hydrogen-bond acceptors (Lipinski definition) is 1. The second-order valence-electron chi connectivity index (χ2n) is 8.39. The quantitative estimate of drug-likeness (QED) is 0.861. The molecule has 0 aromatic heterocycles. The van der Waals surface area contributed by atoms with Gasteiger partial charge < -0.3 is 10.6 Å². The molecule has 0 saturated heterocycles. The van der Waals surface area contributed by atoms with Gasteiger partial charge in [-0.25, -0.2) is 0 Å². The Labute approximate surface area is 139 Å². The van der Waals surface area contributed by atoms with E-state index in [1.807, 2.05) is 18.2 Å². The fourth-order valence-electron chi connectivity index (χ4n) is 5.86. The van der Waals surface area contributed by atoms with Crippen molar-refractivity contribution in [1.82, 2.24) is 5.32 Å². The largest absolute Gasteiger partial charge is 0.345 e. The summed E-state index contributed by atoms with van der Waals surface area (Å²) in [5.41, 5.74) is 1.57. The lowest BCUT2D eigenvalue weighted by Crippen LogP contribution is -3.00. The zero-order chi connectivity index (χ0) is 15.9. The molecule has 1 aromatic rings. The number of carbonyl (C=O) groups excluding carboxylic acids is 1. The molecule has 5 rings (SSSR count). The predicted molar refractivity (Wildman–Crippen MR) is 90.7 cm³/mol. The highest BCUT2D eigenvalue weighted by atomic mass is 16.2. The zero-order valence-electron chi connectivity index (χ0n) is 14.1. The summed E-state index contributed by atoms with van der Waals surface area (Å²) in [5, 5.41) is 5.55. The van der Waals surface area contributed by atoms with E-state index in [1.54, 1.807) is 0 Å². The van der Waals surface area contributed by atoms with E-state index in [1.165, 1.54) is 44.1 Å². The van der Waals surface area contributed by atoms with Crippen LogP contribution in [-0.4, -0.2) is 18.0 Å². The van der Waals surface area contributed by atoms with Gasteiger partial charge in [0, 0.05) is 19.3 Å². The summed E-state index contributed by atoms with van der Waals surface area (Å²) in [7, 11) is 0. The van der Waals surface area contributed by atoms with Gasteiger partial charge in [0.2, 0.25) is 0 Å². The number of hydrogen-bond donors (Lipinski definition) is 2. The average Bonchev–Trinajstić information content (AvgIpc) is 2.53. The van der Waals surface area contributed by atoms with Gasteiger partial charge in [0.05, 0.1) is 11.6 Å². The van der Waals surface area contributed by atoms with Crippen LogP contribution in [0.1, 0.15) is 57.1 Å². The second-order valence-corrected chi connectivity index (χ2v) is 8.39. The first-order valence-electron chi connectivity index (χ1n) is 9.30. The smallest absolute Gasteiger partial charge is 0.275 e. The lowest BCUT2D eigenvalue weighted by Gasteiger charge is -2.54. The van der Waals surface area contributed by atoms with Crippen LogP contribution < -0.4 is 10.6 Å². The highest BCUT2D eigenvalue weighted by Gasteiger charge is 2.53. The number of nitrogens with two attached hydrogens (primary N) is 1. The van der Waals surface area contributed by atoms with E-state index in [0.29, 0.717) is 12.1 Å². The molecule has 1 amide bonds. The van der Waals surface area contributed by atoms with Crippen LogP contribution in [0.3, 0.4) is 0 Å². The van der Waals surface area contributed by atoms with E-state index in [-0.39, 0.29) is 11.9 Å². The SMILES string of the molecule is C[C@H](NC(=O)C[NH2+]C12CC3CC(CC(C3)C1)C2)c1ccccc1. The maximum atomic E-state index is 12.4. The summed E-state index contributed by atoms with van der Waals surface area (Å²) >= 11 is 0. The van der Waals surface area contributed by atoms with Gasteiger partial charge in [0.25, 0.3) is 5.91 Å². The molecule has 0 heterocycles. The minimum absolute atomic E-state index is 0.0912. The molecular formula is C20H29N2O+. The Morgan fingerprint density at radius 1 is 1.13 bits per heavy atom. The summed E-state index contributed by atoms with van der Waals surface area (Å²) in [6.45, 7) is 2.65. The number of nitrogens with one attached hydrogen (secondary N) is 1. The van der Waals surface area contributed by atoms with E-state index in [2.05, 4.69) is 29.7 Å². The first-order valence-corrected chi connectivity index (χ1v) is 9.30. The molecule has 0 radical (unpaired) electrons. The molecule has 0 unspecified atom stereocenters. The molecule has 4 aliphatic rings. The Kier molecular flexibility index (Phi) is 3.92. The van der Waals surface area contributed by atoms with Crippen molar-refractivity contribution < 1.29 is 10.1 Å². The maximum Gasteiger partial charge on any atom is 0.275 e. The van der Waals surface area contributed by atoms with Crippen LogP contribution in [0.15, 0.2) is 30.3 Å². The molecular weight excluding hydrogens is 284 g/mol. The van der Waals surface area contributed by atoms with Crippen molar-refractivity contribution in [1.29, 1.82) is 0 Å². The summed E-state index contributed by atoms with van der Waals surface area (Å²) in [4.78, 5) is 12.4. The van der Waals surface area contributed by atoms with E-state index >= 15 is 0 Å². The third kappa shape index (κ3) is 3.16. The van der Waals surface area contributed by atoms with Crippen LogP contribution in [-0.2, 0) is 4.79 Å². The van der Waals surface area contributed by atoms with Gasteiger partial charge in [-0.3, -0.25) is 4.79 Å². The normalized spacial score (nSPS) is 36.0. The topological polar surface area (TPSA) is 45.7 Å². The molecule has 4 fully saturated rings. The van der Waals surface area contributed by atoms with Crippen LogP contribution in [0.2, 0.25) is 0 Å². The number of rotatable bonds is 5. The molecule has 23 heavy (non-hydrogen) atoms. The fraction of sp³-hybridized carbons (Fsp3) is 0.650. The van der Waals surface area contributed by atoms with Gasteiger partial charge in [-0.15, -0.1) is 0 Å². The van der Waals surface area contributed by atoms with Crippen LogP contribution in [0.25, 0.3) is 0 Å². The van der Waals surface area contributed by atoms with Crippen molar-refractivity contribution >= 4 is 5.91 Å². The highest BCUT2D eigenvalue weighted by molar-refractivity contribution is 5.77. The van der Waals surface area contributed by atoms with E-state index in [4.69, 9.17) is 0 Å². The molecule has 4 bridgehead atoms. The summed E-state index contributed by atoms with van der Waals surface area (Å²) < 4.78 is 0. The summed E-state index contributed by atoms with van der Waals surface area (Å²) in [5.74, 6) is 3.02. The van der Waals surface area contributed by atoms with Crippen molar-refractivity contribution in [3.8, 4) is 0 Å². The lowest BCUT2D eigenvalue weighted by molar-refractivity contribution is -0.730. The van der Waals surface area contributed by atoms with E-state index in [9.17, 15) is 4.79 Å². The molecule has 0 aliphatic heterocycles. The third-order valence-electron chi connectivity index (χ3n) is 6.48. The second kappa shape index (κ2) is 5.94. The summed E-state index contributed by atoms with van der Waals surface area (Å²) in [6.07, 6.45) is 8.43. The van der Waals surface area contributed by atoms with Crippen LogP contribution in [0, 0.1) is 17.8 Å². The Balaban J connectivity index is 1.32. The predicted octanol–water partition coefficient (Wildman–Crippen LogP) is 2.40. The van der Waals surface area contributed by atoms with Gasteiger partial charge in [-0.2, -0.15) is 0 Å². The lowest BCUT2D eigenvalue weighted by atomic mass is 9.53. The zero-order valence-corrected chi connectivity index (χ0v) is 14.1. The van der Waals surface area contributed by atoms with Crippen molar-refractivity contribution in [3.63, 3.8) is 0 Å². The average molecular weight is 313 g/mol. The molecule has 4 aliphatic carbocycles. The molecule has 4 saturated carbocycles. The van der Waals surface area contributed by atoms with Crippen LogP contribution in [0.4, 0.5) is 0 Å². The molecule has 124 valence electrons. The Morgan fingerprint density at radius 2 is 1.70 bits per heavy atom. The maximum absolute atomic E-state index is 12.4. The van der Waals surface area contributed by atoms with Gasteiger partial charge >= 0.3 is 0 Å².